The first kappa shape index (κ1) is 24.7. The van der Waals surface area contributed by atoms with Gasteiger partial charge in [-0.2, -0.15) is 4.98 Å². The lowest BCUT2D eigenvalue weighted by Crippen LogP contribution is -2.35. The first-order chi connectivity index (χ1) is 16.3. The van der Waals surface area contributed by atoms with Crippen LogP contribution >= 0.6 is 11.3 Å². The van der Waals surface area contributed by atoms with Gasteiger partial charge in [0, 0.05) is 25.7 Å². The Morgan fingerprint density at radius 2 is 1.85 bits per heavy atom. The highest BCUT2D eigenvalue weighted by Gasteiger charge is 2.41. The molecule has 0 bridgehead atoms. The number of thiazole rings is 1. The van der Waals surface area contributed by atoms with Crippen LogP contribution in [0, 0.1) is 26.7 Å². The Kier molecular flexibility index (Phi) is 7.63. The number of ether oxygens (including phenoxy) is 1. The number of anilines is 2. The fraction of sp³-hybridized carbons (Fsp3) is 0.542. The number of hydrogen-bond acceptors (Lipinski definition) is 10. The molecule has 0 saturated heterocycles. The number of nitrogens with zero attached hydrogens (tertiary/aromatic N) is 3. The van der Waals surface area contributed by atoms with E-state index in [0.29, 0.717) is 37.9 Å². The largest absolute Gasteiger partial charge is 0.396 e. The summed E-state index contributed by atoms with van der Waals surface area (Å²) in [6.45, 7) is 9.55. The molecule has 184 valence electrons. The van der Waals surface area contributed by atoms with Crippen molar-refractivity contribution in [1.82, 2.24) is 15.0 Å². The van der Waals surface area contributed by atoms with Crippen molar-refractivity contribution < 1.29 is 20.1 Å². The second-order valence-corrected chi connectivity index (χ2v) is 9.84. The minimum atomic E-state index is -1.02. The maximum absolute atomic E-state index is 10.6. The molecular weight excluding hydrogens is 454 g/mol. The van der Waals surface area contributed by atoms with Gasteiger partial charge in [0.1, 0.15) is 16.9 Å². The third-order valence-electron chi connectivity index (χ3n) is 6.40. The molecule has 5 N–H and O–H groups in total. The summed E-state index contributed by atoms with van der Waals surface area (Å²) in [7, 11) is 0. The minimum absolute atomic E-state index is 0.188. The molecule has 2 aromatic heterocycles. The summed E-state index contributed by atoms with van der Waals surface area (Å²) in [6.07, 6.45) is -1.59. The zero-order valence-electron chi connectivity index (χ0n) is 20.0. The molecule has 4 rings (SSSR count). The highest BCUT2D eigenvalue weighted by atomic mass is 32.1. The van der Waals surface area contributed by atoms with Gasteiger partial charge in [0.2, 0.25) is 5.95 Å². The first-order valence-electron chi connectivity index (χ1n) is 11.6. The average molecular weight is 488 g/mol. The van der Waals surface area contributed by atoms with Crippen LogP contribution in [0.1, 0.15) is 30.2 Å². The van der Waals surface area contributed by atoms with Crippen molar-refractivity contribution in [3.05, 3.63) is 29.0 Å². The Labute approximate surface area is 203 Å². The highest BCUT2D eigenvalue weighted by molar-refractivity contribution is 7.21. The monoisotopic (exact) mass is 487 g/mol. The lowest BCUT2D eigenvalue weighted by molar-refractivity contribution is 0.00446. The van der Waals surface area contributed by atoms with Gasteiger partial charge in [-0.1, -0.05) is 0 Å². The third-order valence-corrected chi connectivity index (χ3v) is 7.44. The van der Waals surface area contributed by atoms with Crippen molar-refractivity contribution in [3.8, 4) is 10.6 Å². The number of benzene rings is 1. The number of hydrogen-bond donors (Lipinski definition) is 5. The van der Waals surface area contributed by atoms with Gasteiger partial charge >= 0.3 is 0 Å². The maximum atomic E-state index is 10.6. The number of aliphatic hydroxyl groups is 3. The molecule has 0 radical (unpaired) electrons. The minimum Gasteiger partial charge on any atom is -0.396 e. The van der Waals surface area contributed by atoms with Crippen molar-refractivity contribution in [2.24, 2.45) is 5.92 Å². The Balaban J connectivity index is 1.72. The molecule has 1 aromatic carbocycles. The standard InChI is InChI=1S/C24H33N5O4S/c1-5-33-7-6-25-24-26-14(4)19(23-28-16-8-12(2)13(3)9-18(16)34-23)22(29-24)27-17-10-15(11-30)20(31)21(17)32/h8-9,15,17,20-21,30-32H,5-7,10-11H2,1-4H3,(H2,25,26,27,29). The van der Waals surface area contributed by atoms with Crippen LogP contribution in [0.15, 0.2) is 12.1 Å². The smallest absolute Gasteiger partial charge is 0.224 e. The van der Waals surface area contributed by atoms with Crippen LogP contribution < -0.4 is 10.6 Å². The summed E-state index contributed by atoms with van der Waals surface area (Å²) in [5, 5.41) is 37.8. The molecule has 34 heavy (non-hydrogen) atoms. The van der Waals surface area contributed by atoms with E-state index in [9.17, 15) is 15.3 Å². The Morgan fingerprint density at radius 3 is 2.56 bits per heavy atom. The van der Waals surface area contributed by atoms with Crippen LogP contribution in [0.5, 0.6) is 0 Å². The Bertz CT molecular complexity index is 1120. The van der Waals surface area contributed by atoms with E-state index in [-0.39, 0.29) is 6.61 Å². The van der Waals surface area contributed by atoms with Crippen LogP contribution in [0.25, 0.3) is 20.8 Å². The van der Waals surface area contributed by atoms with Gasteiger partial charge in [0.05, 0.1) is 40.2 Å². The first-order valence-corrected chi connectivity index (χ1v) is 12.5. The molecule has 0 spiro atoms. The summed E-state index contributed by atoms with van der Waals surface area (Å²) in [6, 6.07) is 3.76. The second-order valence-electron chi connectivity index (χ2n) is 8.81. The second kappa shape index (κ2) is 10.5. The fourth-order valence-corrected chi connectivity index (χ4v) is 5.45. The Hall–Kier alpha value is -2.37. The molecular formula is C24H33N5O4S. The highest BCUT2D eigenvalue weighted by Crippen LogP contribution is 2.38. The summed E-state index contributed by atoms with van der Waals surface area (Å²) >= 11 is 1.57. The van der Waals surface area contributed by atoms with Crippen LogP contribution in [0.4, 0.5) is 11.8 Å². The summed E-state index contributed by atoms with van der Waals surface area (Å²) in [5.41, 5.74) is 4.82. The van der Waals surface area contributed by atoms with Crippen molar-refractivity contribution in [3.63, 3.8) is 0 Å². The summed E-state index contributed by atoms with van der Waals surface area (Å²) in [4.78, 5) is 14.2. The predicted octanol–water partition coefficient (Wildman–Crippen LogP) is 2.64. The van der Waals surface area contributed by atoms with E-state index in [2.05, 4.69) is 41.6 Å². The fourth-order valence-electron chi connectivity index (χ4n) is 4.30. The van der Waals surface area contributed by atoms with Gasteiger partial charge in [-0.3, -0.25) is 0 Å². The van der Waals surface area contributed by atoms with E-state index >= 15 is 0 Å². The zero-order chi connectivity index (χ0) is 24.4. The van der Waals surface area contributed by atoms with Crippen LogP contribution in [0.2, 0.25) is 0 Å². The lowest BCUT2D eigenvalue weighted by Gasteiger charge is -2.21. The van der Waals surface area contributed by atoms with Gasteiger partial charge in [-0.25, -0.2) is 9.97 Å². The van der Waals surface area contributed by atoms with E-state index < -0.39 is 24.2 Å². The molecule has 0 aliphatic heterocycles. The van der Waals surface area contributed by atoms with E-state index in [1.165, 1.54) is 11.1 Å². The van der Waals surface area contributed by atoms with Crippen molar-refractivity contribution in [2.45, 2.75) is 52.4 Å². The normalized spacial score (nSPS) is 22.4. The number of aryl methyl sites for hydroxylation is 3. The number of fused-ring (bicyclic) bond motifs is 1. The zero-order valence-corrected chi connectivity index (χ0v) is 20.8. The summed E-state index contributed by atoms with van der Waals surface area (Å²) in [5.74, 6) is 0.591. The SMILES string of the molecule is CCOCCNc1nc(C)c(-c2nc3cc(C)c(C)cc3s2)c(NC2CC(CO)C(O)C2O)n1. The number of nitrogens with one attached hydrogen (secondary N) is 2. The predicted molar refractivity (Wildman–Crippen MR) is 134 cm³/mol. The Morgan fingerprint density at radius 1 is 1.09 bits per heavy atom. The van der Waals surface area contributed by atoms with Crippen LogP contribution in [0.3, 0.4) is 0 Å². The number of aromatic nitrogens is 3. The van der Waals surface area contributed by atoms with E-state index in [4.69, 9.17) is 14.7 Å². The third kappa shape index (κ3) is 5.01. The molecule has 9 nitrogen and oxygen atoms in total. The molecule has 4 unspecified atom stereocenters. The number of aliphatic hydroxyl groups excluding tert-OH is 3. The van der Waals surface area contributed by atoms with Gasteiger partial charge in [0.25, 0.3) is 0 Å². The molecule has 2 heterocycles. The molecule has 4 atom stereocenters. The van der Waals surface area contributed by atoms with E-state index in [1.54, 1.807) is 11.3 Å². The molecule has 1 aliphatic carbocycles. The molecule has 3 aromatic rings. The quantitative estimate of drug-likeness (QED) is 0.289. The molecule has 10 heteroatoms. The molecule has 0 amide bonds. The van der Waals surface area contributed by atoms with Gasteiger partial charge in [-0.15, -0.1) is 11.3 Å². The van der Waals surface area contributed by atoms with E-state index in [1.807, 2.05) is 13.8 Å². The van der Waals surface area contributed by atoms with Crippen LogP contribution in [-0.4, -0.2) is 74.9 Å². The topological polar surface area (TPSA) is 133 Å². The lowest BCUT2D eigenvalue weighted by atomic mass is 10.1. The van der Waals surface area contributed by atoms with E-state index in [0.717, 1.165) is 26.5 Å². The van der Waals surface area contributed by atoms with Crippen molar-refractivity contribution >= 4 is 33.3 Å². The molecule has 1 fully saturated rings. The van der Waals surface area contributed by atoms with Gasteiger partial charge < -0.3 is 30.7 Å². The van der Waals surface area contributed by atoms with Gasteiger partial charge in [-0.05, 0) is 57.4 Å². The molecule has 1 aliphatic rings. The maximum Gasteiger partial charge on any atom is 0.224 e. The summed E-state index contributed by atoms with van der Waals surface area (Å²) < 4.78 is 6.48. The van der Waals surface area contributed by atoms with Crippen molar-refractivity contribution in [1.29, 1.82) is 0 Å². The van der Waals surface area contributed by atoms with Crippen molar-refractivity contribution in [2.75, 3.05) is 37.0 Å². The van der Waals surface area contributed by atoms with Gasteiger partial charge in [0.15, 0.2) is 0 Å². The number of rotatable bonds is 9. The average Bonchev–Trinajstić information content (AvgIpc) is 3.32. The van der Waals surface area contributed by atoms with Crippen LogP contribution in [-0.2, 0) is 4.74 Å². The molecule has 1 saturated carbocycles.